The Hall–Kier alpha value is -3.82. The van der Waals surface area contributed by atoms with Gasteiger partial charge < -0.3 is 14.0 Å². The summed E-state index contributed by atoms with van der Waals surface area (Å²) in [5.74, 6) is 0.193. The number of benzene rings is 2. The SMILES string of the molecule is CC(C)Oc1cc(-c2nn(C3CCCCO3)c3ccc(-c4ccn(Cc5cc(F)cc(Br)c5)c(=O)c4)cc23)ccn1. The third-order valence-electron chi connectivity index (χ3n) is 7.10. The van der Waals surface area contributed by atoms with Gasteiger partial charge in [0.05, 0.1) is 18.2 Å². The summed E-state index contributed by atoms with van der Waals surface area (Å²) in [5.41, 5.74) is 4.88. The fourth-order valence-electron chi connectivity index (χ4n) is 5.25. The van der Waals surface area contributed by atoms with Crippen molar-refractivity contribution in [2.24, 2.45) is 0 Å². The molecule has 3 aromatic heterocycles. The molecule has 0 radical (unpaired) electrons. The fourth-order valence-corrected chi connectivity index (χ4v) is 5.76. The van der Waals surface area contributed by atoms with Crippen LogP contribution >= 0.6 is 15.9 Å². The van der Waals surface area contributed by atoms with Crippen molar-refractivity contribution in [3.63, 3.8) is 0 Å². The lowest BCUT2D eigenvalue weighted by molar-refractivity contribution is -0.0365. The predicted molar refractivity (Wildman–Crippen MR) is 160 cm³/mol. The topological polar surface area (TPSA) is 71.2 Å². The summed E-state index contributed by atoms with van der Waals surface area (Å²) in [6.45, 7) is 4.92. The minimum atomic E-state index is -0.348. The zero-order chi connectivity index (χ0) is 28.5. The molecule has 0 N–H and O–H groups in total. The van der Waals surface area contributed by atoms with E-state index in [4.69, 9.17) is 14.6 Å². The van der Waals surface area contributed by atoms with E-state index >= 15 is 0 Å². The van der Waals surface area contributed by atoms with Crippen LogP contribution in [0.5, 0.6) is 5.88 Å². The third kappa shape index (κ3) is 5.96. The maximum absolute atomic E-state index is 13.9. The number of rotatable bonds is 7. The molecule has 41 heavy (non-hydrogen) atoms. The zero-order valence-corrected chi connectivity index (χ0v) is 24.5. The molecule has 7 nitrogen and oxygen atoms in total. The van der Waals surface area contributed by atoms with Crippen molar-refractivity contribution in [1.82, 2.24) is 19.3 Å². The van der Waals surface area contributed by atoms with Crippen molar-refractivity contribution >= 4 is 26.8 Å². The Morgan fingerprint density at radius 3 is 2.66 bits per heavy atom. The lowest BCUT2D eigenvalue weighted by Crippen LogP contribution is -2.19. The highest BCUT2D eigenvalue weighted by Gasteiger charge is 2.22. The predicted octanol–water partition coefficient (Wildman–Crippen LogP) is 7.36. The maximum atomic E-state index is 13.9. The van der Waals surface area contributed by atoms with E-state index < -0.39 is 0 Å². The molecule has 9 heteroatoms. The summed E-state index contributed by atoms with van der Waals surface area (Å²) in [5, 5.41) is 5.99. The number of aromatic nitrogens is 4. The molecular formula is C32H30BrFN4O3. The normalized spacial score (nSPS) is 15.5. The summed E-state index contributed by atoms with van der Waals surface area (Å²) in [4.78, 5) is 17.4. The van der Waals surface area contributed by atoms with Gasteiger partial charge in [-0.1, -0.05) is 22.0 Å². The van der Waals surface area contributed by atoms with Gasteiger partial charge in [-0.3, -0.25) is 4.79 Å². The average Bonchev–Trinajstić information content (AvgIpc) is 3.33. The highest BCUT2D eigenvalue weighted by Crippen LogP contribution is 2.36. The number of fused-ring (bicyclic) bond motifs is 1. The lowest BCUT2D eigenvalue weighted by atomic mass is 10.0. The highest BCUT2D eigenvalue weighted by molar-refractivity contribution is 9.10. The molecule has 1 fully saturated rings. The van der Waals surface area contributed by atoms with Crippen molar-refractivity contribution in [3.8, 4) is 28.3 Å². The smallest absolute Gasteiger partial charge is 0.251 e. The molecular weight excluding hydrogens is 587 g/mol. The molecule has 0 saturated carbocycles. The number of hydrogen-bond acceptors (Lipinski definition) is 5. The largest absolute Gasteiger partial charge is 0.475 e. The second-order valence-corrected chi connectivity index (χ2v) is 11.5. The second-order valence-electron chi connectivity index (χ2n) is 10.6. The Bertz CT molecular complexity index is 1750. The van der Waals surface area contributed by atoms with E-state index in [2.05, 4.69) is 27.0 Å². The van der Waals surface area contributed by atoms with Crippen molar-refractivity contribution in [3.05, 3.63) is 99.3 Å². The van der Waals surface area contributed by atoms with Crippen LogP contribution in [0.15, 0.2) is 82.3 Å². The van der Waals surface area contributed by atoms with Crippen LogP contribution in [0.25, 0.3) is 33.3 Å². The molecule has 0 bridgehead atoms. The second kappa shape index (κ2) is 11.6. The summed E-state index contributed by atoms with van der Waals surface area (Å²) in [7, 11) is 0. The standard InChI is InChI=1S/C32H30BrFN4O3/c1-20(2)41-29-16-24(8-10-35-29)32-27-15-22(6-7-28(27)38(36-32)31-5-3-4-12-40-31)23-9-11-37(30(39)17-23)19-21-13-25(33)18-26(34)14-21/h6-11,13-18,20,31H,3-5,12,19H2,1-2H3. The first-order valence-corrected chi connectivity index (χ1v) is 14.6. The number of nitrogens with zero attached hydrogens (tertiary/aromatic N) is 4. The Labute approximate surface area is 245 Å². The summed E-state index contributed by atoms with van der Waals surface area (Å²) in [6.07, 6.45) is 6.38. The molecule has 1 saturated heterocycles. The van der Waals surface area contributed by atoms with Gasteiger partial charge in [-0.15, -0.1) is 0 Å². The van der Waals surface area contributed by atoms with Crippen LogP contribution in [0.4, 0.5) is 4.39 Å². The van der Waals surface area contributed by atoms with E-state index in [-0.39, 0.29) is 30.3 Å². The van der Waals surface area contributed by atoms with Crippen molar-refractivity contribution in [2.75, 3.05) is 6.61 Å². The van der Waals surface area contributed by atoms with Gasteiger partial charge in [-0.05, 0) is 92.3 Å². The Balaban J connectivity index is 1.40. The first-order chi connectivity index (χ1) is 19.8. The van der Waals surface area contributed by atoms with Crippen LogP contribution in [0.3, 0.4) is 0 Å². The van der Waals surface area contributed by atoms with Gasteiger partial charge >= 0.3 is 0 Å². The van der Waals surface area contributed by atoms with Gasteiger partial charge in [0, 0.05) is 46.6 Å². The van der Waals surface area contributed by atoms with Gasteiger partial charge in [0.15, 0.2) is 6.23 Å². The van der Waals surface area contributed by atoms with Crippen molar-refractivity contribution in [1.29, 1.82) is 0 Å². The number of ether oxygens (including phenoxy) is 2. The van der Waals surface area contributed by atoms with E-state index in [1.54, 1.807) is 23.0 Å². The van der Waals surface area contributed by atoms with Crippen LogP contribution in [0.1, 0.15) is 44.9 Å². The maximum Gasteiger partial charge on any atom is 0.251 e. The number of hydrogen-bond donors (Lipinski definition) is 0. The summed E-state index contributed by atoms with van der Waals surface area (Å²) in [6, 6.07) is 18.1. The van der Waals surface area contributed by atoms with Crippen LogP contribution in [-0.4, -0.2) is 32.0 Å². The van der Waals surface area contributed by atoms with E-state index in [0.29, 0.717) is 22.5 Å². The van der Waals surface area contributed by atoms with Crippen LogP contribution in [0, 0.1) is 5.82 Å². The molecule has 0 amide bonds. The number of halogens is 2. The van der Waals surface area contributed by atoms with Gasteiger partial charge in [0.1, 0.15) is 11.5 Å². The quantitative estimate of drug-likeness (QED) is 0.191. The average molecular weight is 618 g/mol. The van der Waals surface area contributed by atoms with Crippen molar-refractivity contribution in [2.45, 2.75) is 52.0 Å². The molecule has 0 spiro atoms. The van der Waals surface area contributed by atoms with E-state index in [1.807, 2.05) is 54.9 Å². The molecule has 210 valence electrons. The van der Waals surface area contributed by atoms with Crippen molar-refractivity contribution < 1.29 is 13.9 Å². The first-order valence-electron chi connectivity index (χ1n) is 13.8. The molecule has 1 unspecified atom stereocenters. The molecule has 0 aliphatic carbocycles. The Morgan fingerprint density at radius 2 is 1.90 bits per heavy atom. The summed E-state index contributed by atoms with van der Waals surface area (Å²) < 4.78 is 30.0. The van der Waals surface area contributed by atoms with Gasteiger partial charge in [0.2, 0.25) is 5.88 Å². The molecule has 1 aliphatic rings. The number of pyridine rings is 2. The molecule has 1 aliphatic heterocycles. The summed E-state index contributed by atoms with van der Waals surface area (Å²) >= 11 is 3.32. The highest BCUT2D eigenvalue weighted by atomic mass is 79.9. The molecule has 4 heterocycles. The van der Waals surface area contributed by atoms with Crippen LogP contribution < -0.4 is 10.3 Å². The zero-order valence-electron chi connectivity index (χ0n) is 22.9. The van der Waals surface area contributed by atoms with Gasteiger partial charge in [-0.2, -0.15) is 5.10 Å². The molecule has 5 aromatic rings. The van der Waals surface area contributed by atoms with Crippen LogP contribution in [-0.2, 0) is 11.3 Å². The Morgan fingerprint density at radius 1 is 1.05 bits per heavy atom. The minimum Gasteiger partial charge on any atom is -0.475 e. The molecule has 2 aromatic carbocycles. The van der Waals surface area contributed by atoms with Gasteiger partial charge in [-0.25, -0.2) is 14.1 Å². The molecule has 1 atom stereocenters. The molecule has 6 rings (SSSR count). The Kier molecular flexibility index (Phi) is 7.73. The van der Waals surface area contributed by atoms with E-state index in [9.17, 15) is 9.18 Å². The minimum absolute atomic E-state index is 0.00106. The fraction of sp³-hybridized carbons (Fsp3) is 0.281. The van der Waals surface area contributed by atoms with E-state index in [1.165, 1.54) is 12.1 Å². The monoisotopic (exact) mass is 616 g/mol. The first kappa shape index (κ1) is 27.4. The third-order valence-corrected chi connectivity index (χ3v) is 7.56. The van der Waals surface area contributed by atoms with Gasteiger partial charge in [0.25, 0.3) is 5.56 Å². The lowest BCUT2D eigenvalue weighted by Gasteiger charge is -2.23. The van der Waals surface area contributed by atoms with Crippen LogP contribution in [0.2, 0.25) is 0 Å². The van der Waals surface area contributed by atoms with E-state index in [0.717, 1.165) is 52.5 Å².